The lowest BCUT2D eigenvalue weighted by Gasteiger charge is -2.24. The van der Waals surface area contributed by atoms with Crippen LogP contribution in [0.15, 0.2) is 30.6 Å². The van der Waals surface area contributed by atoms with Crippen LogP contribution in [0.3, 0.4) is 0 Å². The second-order valence-electron chi connectivity index (χ2n) is 5.23. The molecule has 0 aliphatic carbocycles. The van der Waals surface area contributed by atoms with Gasteiger partial charge in [-0.25, -0.2) is 0 Å². The Morgan fingerprint density at radius 3 is 2.77 bits per heavy atom. The molecule has 1 N–H and O–H groups in total. The van der Waals surface area contributed by atoms with Crippen molar-refractivity contribution in [3.8, 4) is 0 Å². The molecule has 0 fully saturated rings. The van der Waals surface area contributed by atoms with E-state index < -0.39 is 4.92 Å². The summed E-state index contributed by atoms with van der Waals surface area (Å²) in [6, 6.07) is 4.64. The summed E-state index contributed by atoms with van der Waals surface area (Å²) in [4.78, 5) is 12.7. The number of hydrogen-bond acceptors (Lipinski definition) is 5. The van der Waals surface area contributed by atoms with Gasteiger partial charge in [0.05, 0.1) is 17.2 Å². The smallest absolute Gasteiger partial charge is 0.293 e. The second-order valence-corrected chi connectivity index (χ2v) is 5.66. The Kier molecular flexibility index (Phi) is 4.99. The van der Waals surface area contributed by atoms with Crippen molar-refractivity contribution in [3.05, 3.63) is 51.3 Å². The van der Waals surface area contributed by atoms with E-state index in [0.29, 0.717) is 17.3 Å². The second kappa shape index (κ2) is 6.76. The summed E-state index contributed by atoms with van der Waals surface area (Å²) in [7, 11) is 5.76. The molecule has 0 amide bonds. The van der Waals surface area contributed by atoms with Crippen LogP contribution >= 0.6 is 11.6 Å². The van der Waals surface area contributed by atoms with Crippen molar-refractivity contribution in [3.63, 3.8) is 0 Å². The number of nitro groups is 1. The molecule has 1 aromatic carbocycles. The normalized spacial score (nSPS) is 12.4. The monoisotopic (exact) mass is 323 g/mol. The zero-order valence-corrected chi connectivity index (χ0v) is 13.4. The number of nitrogens with one attached hydrogen (secondary N) is 1. The van der Waals surface area contributed by atoms with Gasteiger partial charge in [0.25, 0.3) is 5.69 Å². The lowest BCUT2D eigenvalue weighted by molar-refractivity contribution is -0.383. The van der Waals surface area contributed by atoms with Crippen LogP contribution in [0.4, 0.5) is 11.4 Å². The van der Waals surface area contributed by atoms with E-state index >= 15 is 0 Å². The number of halogens is 1. The highest BCUT2D eigenvalue weighted by Gasteiger charge is 2.19. The minimum absolute atomic E-state index is 0.0313. The Morgan fingerprint density at radius 1 is 1.50 bits per heavy atom. The minimum atomic E-state index is -0.442. The Bertz CT molecular complexity index is 671. The third kappa shape index (κ3) is 3.75. The highest BCUT2D eigenvalue weighted by atomic mass is 35.5. The van der Waals surface area contributed by atoms with Crippen LogP contribution in [0.1, 0.15) is 11.6 Å². The van der Waals surface area contributed by atoms with Gasteiger partial charge in [0.15, 0.2) is 0 Å². The molecule has 0 bridgehead atoms. The number of rotatable bonds is 6. The van der Waals surface area contributed by atoms with Crippen LogP contribution in [0, 0.1) is 10.1 Å². The first-order valence-electron chi connectivity index (χ1n) is 6.71. The number of nitro benzene ring substituents is 1. The first-order chi connectivity index (χ1) is 10.4. The highest BCUT2D eigenvalue weighted by molar-refractivity contribution is 6.30. The van der Waals surface area contributed by atoms with E-state index in [0.717, 1.165) is 5.56 Å². The van der Waals surface area contributed by atoms with E-state index in [1.807, 2.05) is 32.2 Å². The molecule has 0 saturated heterocycles. The first kappa shape index (κ1) is 16.3. The molecule has 0 aliphatic heterocycles. The summed E-state index contributed by atoms with van der Waals surface area (Å²) in [6.07, 6.45) is 3.73. The molecule has 1 atom stereocenters. The molecule has 1 heterocycles. The van der Waals surface area contributed by atoms with Crippen LogP contribution in [-0.2, 0) is 7.05 Å². The zero-order valence-electron chi connectivity index (χ0n) is 12.7. The fourth-order valence-electron chi connectivity index (χ4n) is 2.22. The number of anilines is 1. The largest absolute Gasteiger partial charge is 0.378 e. The van der Waals surface area contributed by atoms with Gasteiger partial charge in [-0.15, -0.1) is 0 Å². The molecule has 1 unspecified atom stereocenters. The predicted octanol–water partition coefficient (Wildman–Crippen LogP) is 2.70. The summed E-state index contributed by atoms with van der Waals surface area (Å²) < 4.78 is 1.73. The van der Waals surface area contributed by atoms with E-state index in [1.165, 1.54) is 6.07 Å². The van der Waals surface area contributed by atoms with Crippen molar-refractivity contribution >= 4 is 23.0 Å². The van der Waals surface area contributed by atoms with Crippen molar-refractivity contribution in [1.82, 2.24) is 14.7 Å². The van der Waals surface area contributed by atoms with Crippen LogP contribution in [0.5, 0.6) is 0 Å². The van der Waals surface area contributed by atoms with Gasteiger partial charge in [0.2, 0.25) is 0 Å². The quantitative estimate of drug-likeness (QED) is 0.653. The third-order valence-electron chi connectivity index (χ3n) is 3.38. The van der Waals surface area contributed by atoms with Gasteiger partial charge < -0.3 is 10.2 Å². The van der Waals surface area contributed by atoms with Gasteiger partial charge in [-0.3, -0.25) is 14.8 Å². The Hall–Kier alpha value is -2.12. The Balaban J connectivity index is 2.18. The van der Waals surface area contributed by atoms with Crippen LogP contribution in [0.2, 0.25) is 5.02 Å². The average Bonchev–Trinajstić information content (AvgIpc) is 2.86. The fraction of sp³-hybridized carbons (Fsp3) is 0.357. The van der Waals surface area contributed by atoms with E-state index in [4.69, 9.17) is 11.6 Å². The lowest BCUT2D eigenvalue weighted by atomic mass is 10.1. The maximum absolute atomic E-state index is 11.1. The average molecular weight is 324 g/mol. The topological polar surface area (TPSA) is 76.2 Å². The lowest BCUT2D eigenvalue weighted by Crippen LogP contribution is -2.26. The third-order valence-corrected chi connectivity index (χ3v) is 3.61. The standard InChI is InChI=1S/C14H18ClN5O2/c1-18(2)14(10-7-17-19(3)9-10)8-16-12-5-4-11(15)6-13(12)20(21)22/h4-7,9,14,16H,8H2,1-3H3. The van der Waals surface area contributed by atoms with E-state index in [9.17, 15) is 10.1 Å². The number of nitrogens with zero attached hydrogens (tertiary/aromatic N) is 4. The predicted molar refractivity (Wildman–Crippen MR) is 86.2 cm³/mol. The van der Waals surface area contributed by atoms with Crippen LogP contribution in [-0.4, -0.2) is 40.2 Å². The van der Waals surface area contributed by atoms with Crippen molar-refractivity contribution in [2.75, 3.05) is 26.0 Å². The molecular formula is C14H18ClN5O2. The number of aryl methyl sites for hydroxylation is 1. The van der Waals surface area contributed by atoms with Gasteiger partial charge in [-0.2, -0.15) is 5.10 Å². The van der Waals surface area contributed by atoms with Crippen molar-refractivity contribution in [1.29, 1.82) is 0 Å². The molecule has 118 valence electrons. The molecule has 0 spiro atoms. The summed E-state index contributed by atoms with van der Waals surface area (Å²) in [5.74, 6) is 0. The van der Waals surface area contributed by atoms with E-state index in [1.54, 1.807) is 23.0 Å². The summed E-state index contributed by atoms with van der Waals surface area (Å²) in [5.41, 5.74) is 1.46. The number of benzene rings is 1. The molecule has 0 radical (unpaired) electrons. The summed E-state index contributed by atoms with van der Waals surface area (Å²) in [5, 5.41) is 18.8. The van der Waals surface area contributed by atoms with Gasteiger partial charge in [0.1, 0.15) is 5.69 Å². The van der Waals surface area contributed by atoms with E-state index in [-0.39, 0.29) is 11.7 Å². The van der Waals surface area contributed by atoms with Gasteiger partial charge in [-0.05, 0) is 26.2 Å². The Morgan fingerprint density at radius 2 is 2.23 bits per heavy atom. The molecule has 22 heavy (non-hydrogen) atoms. The number of likely N-dealkylation sites (N-methyl/N-ethyl adjacent to an activating group) is 1. The van der Waals surface area contributed by atoms with Crippen LogP contribution in [0.25, 0.3) is 0 Å². The summed E-state index contributed by atoms with van der Waals surface area (Å²) in [6.45, 7) is 0.515. The van der Waals surface area contributed by atoms with Crippen molar-refractivity contribution < 1.29 is 4.92 Å². The minimum Gasteiger partial charge on any atom is -0.378 e. The maximum Gasteiger partial charge on any atom is 0.293 e. The van der Waals surface area contributed by atoms with Crippen LogP contribution < -0.4 is 5.32 Å². The Labute approximate surface area is 133 Å². The summed E-state index contributed by atoms with van der Waals surface area (Å²) >= 11 is 5.82. The maximum atomic E-state index is 11.1. The molecule has 0 aliphatic rings. The van der Waals surface area contributed by atoms with Crippen molar-refractivity contribution in [2.24, 2.45) is 7.05 Å². The van der Waals surface area contributed by atoms with Gasteiger partial charge in [0, 0.05) is 36.4 Å². The van der Waals surface area contributed by atoms with Gasteiger partial charge in [-0.1, -0.05) is 11.6 Å². The molecule has 1 aromatic heterocycles. The molecule has 0 saturated carbocycles. The number of hydrogen-bond donors (Lipinski definition) is 1. The SMILES string of the molecule is CN(C)C(CNc1ccc(Cl)cc1[N+](=O)[O-])c1cnn(C)c1. The number of aromatic nitrogens is 2. The van der Waals surface area contributed by atoms with Gasteiger partial charge >= 0.3 is 0 Å². The first-order valence-corrected chi connectivity index (χ1v) is 7.09. The molecule has 2 rings (SSSR count). The molecule has 2 aromatic rings. The molecule has 7 nitrogen and oxygen atoms in total. The van der Waals surface area contributed by atoms with Crippen molar-refractivity contribution in [2.45, 2.75) is 6.04 Å². The highest BCUT2D eigenvalue weighted by Crippen LogP contribution is 2.28. The zero-order chi connectivity index (χ0) is 16.3. The van der Waals surface area contributed by atoms with E-state index in [2.05, 4.69) is 10.4 Å². The fourth-order valence-corrected chi connectivity index (χ4v) is 2.39. The molecule has 8 heteroatoms. The molecular weight excluding hydrogens is 306 g/mol.